The van der Waals surface area contributed by atoms with Crippen LogP contribution in [-0.2, 0) is 9.59 Å². The van der Waals surface area contributed by atoms with Crippen LogP contribution in [0.2, 0.25) is 0 Å². The number of amides is 2. The molecule has 6 heteroatoms. The highest BCUT2D eigenvalue weighted by atomic mass is 19.1. The molecular weight excluding hydrogens is 369 g/mol. The molecule has 1 saturated heterocycles. The third-order valence-electron chi connectivity index (χ3n) is 5.59. The molecule has 2 N–H and O–H groups in total. The number of hydrogen-bond acceptors (Lipinski definition) is 3. The molecule has 4 rings (SSSR count). The van der Waals surface area contributed by atoms with Gasteiger partial charge in [-0.05, 0) is 62.1 Å². The molecule has 1 saturated carbocycles. The van der Waals surface area contributed by atoms with Crippen molar-refractivity contribution in [2.45, 2.75) is 37.8 Å². The molecule has 1 aliphatic heterocycles. The van der Waals surface area contributed by atoms with Gasteiger partial charge in [0.15, 0.2) is 0 Å². The van der Waals surface area contributed by atoms with Crippen LogP contribution in [0.4, 0.5) is 10.1 Å². The summed E-state index contributed by atoms with van der Waals surface area (Å²) in [6.45, 7) is 1.23. The molecule has 0 spiro atoms. The van der Waals surface area contributed by atoms with E-state index in [9.17, 15) is 14.0 Å². The van der Waals surface area contributed by atoms with E-state index >= 15 is 0 Å². The number of nitrogens with zero attached hydrogens (tertiary/aromatic N) is 1. The number of para-hydroxylation sites is 1. The minimum absolute atomic E-state index is 0.0265. The van der Waals surface area contributed by atoms with Crippen LogP contribution in [0.3, 0.4) is 0 Å². The van der Waals surface area contributed by atoms with Crippen LogP contribution in [0, 0.1) is 11.7 Å². The average Bonchev–Trinajstić information content (AvgIpc) is 3.55. The smallest absolute Gasteiger partial charge is 0.242 e. The first kappa shape index (κ1) is 19.6. The van der Waals surface area contributed by atoms with Crippen molar-refractivity contribution in [2.24, 2.45) is 5.92 Å². The molecule has 2 aromatic rings. The maximum absolute atomic E-state index is 13.4. The molecule has 5 nitrogen and oxygen atoms in total. The SMILES string of the molecule is O=C(Nc1ccccc1)C1CCCN(C(C(=O)NC2CC2)c2ccc(F)cc2)C1. The van der Waals surface area contributed by atoms with Crippen LogP contribution in [0.5, 0.6) is 0 Å². The lowest BCUT2D eigenvalue weighted by molar-refractivity contribution is -0.130. The molecule has 0 bridgehead atoms. The van der Waals surface area contributed by atoms with Gasteiger partial charge in [-0.25, -0.2) is 4.39 Å². The number of hydrogen-bond donors (Lipinski definition) is 2. The standard InChI is InChI=1S/C23H26FN3O2/c24-18-10-8-16(9-11-18)21(23(29)26-20-12-13-20)27-14-4-5-17(15-27)22(28)25-19-6-2-1-3-7-19/h1-3,6-11,17,20-21H,4-5,12-15H2,(H,25,28)(H,26,29). The van der Waals surface area contributed by atoms with Crippen LogP contribution in [-0.4, -0.2) is 35.8 Å². The van der Waals surface area contributed by atoms with Gasteiger partial charge in [-0.2, -0.15) is 0 Å². The summed E-state index contributed by atoms with van der Waals surface area (Å²) in [7, 11) is 0. The van der Waals surface area contributed by atoms with E-state index in [0.717, 1.165) is 43.5 Å². The van der Waals surface area contributed by atoms with Crippen molar-refractivity contribution in [3.8, 4) is 0 Å². The first-order valence-electron chi connectivity index (χ1n) is 10.3. The van der Waals surface area contributed by atoms with Gasteiger partial charge >= 0.3 is 0 Å². The Hall–Kier alpha value is -2.73. The highest BCUT2D eigenvalue weighted by molar-refractivity contribution is 5.92. The monoisotopic (exact) mass is 395 g/mol. The first-order chi connectivity index (χ1) is 14.1. The molecular formula is C23H26FN3O2. The summed E-state index contributed by atoms with van der Waals surface area (Å²) in [5, 5.41) is 6.05. The molecule has 152 valence electrons. The molecule has 29 heavy (non-hydrogen) atoms. The number of piperidine rings is 1. The molecule has 2 amide bonds. The van der Waals surface area contributed by atoms with Gasteiger partial charge in [-0.15, -0.1) is 0 Å². The third-order valence-corrected chi connectivity index (χ3v) is 5.59. The number of anilines is 1. The van der Waals surface area contributed by atoms with E-state index in [0.29, 0.717) is 6.54 Å². The Kier molecular flexibility index (Phi) is 5.90. The Balaban J connectivity index is 1.49. The molecule has 0 radical (unpaired) electrons. The average molecular weight is 395 g/mol. The predicted molar refractivity (Wildman–Crippen MR) is 110 cm³/mol. The number of halogens is 1. The fourth-order valence-corrected chi connectivity index (χ4v) is 3.90. The summed E-state index contributed by atoms with van der Waals surface area (Å²) >= 11 is 0. The molecule has 2 aromatic carbocycles. The zero-order valence-electron chi connectivity index (χ0n) is 16.3. The molecule has 1 aliphatic carbocycles. The highest BCUT2D eigenvalue weighted by Crippen LogP contribution is 2.30. The van der Waals surface area contributed by atoms with Crippen LogP contribution in [0.15, 0.2) is 54.6 Å². The normalized spacial score (nSPS) is 20.7. The number of benzene rings is 2. The maximum atomic E-state index is 13.4. The van der Waals surface area contributed by atoms with Gasteiger partial charge in [0.2, 0.25) is 11.8 Å². The quantitative estimate of drug-likeness (QED) is 0.787. The van der Waals surface area contributed by atoms with Crippen molar-refractivity contribution in [2.75, 3.05) is 18.4 Å². The van der Waals surface area contributed by atoms with Crippen molar-refractivity contribution in [3.63, 3.8) is 0 Å². The minimum Gasteiger partial charge on any atom is -0.352 e. The van der Waals surface area contributed by atoms with E-state index < -0.39 is 6.04 Å². The number of carbonyl (C=O) groups excluding carboxylic acids is 2. The van der Waals surface area contributed by atoms with E-state index in [4.69, 9.17) is 0 Å². The highest BCUT2D eigenvalue weighted by Gasteiger charge is 2.36. The fraction of sp³-hybridized carbons (Fsp3) is 0.391. The Morgan fingerprint density at radius 2 is 1.72 bits per heavy atom. The molecule has 2 fully saturated rings. The van der Waals surface area contributed by atoms with E-state index in [1.165, 1.54) is 12.1 Å². The van der Waals surface area contributed by atoms with Gasteiger partial charge in [-0.3, -0.25) is 14.5 Å². The Morgan fingerprint density at radius 1 is 1.00 bits per heavy atom. The lowest BCUT2D eigenvalue weighted by atomic mass is 9.93. The van der Waals surface area contributed by atoms with Crippen LogP contribution in [0.1, 0.15) is 37.3 Å². The van der Waals surface area contributed by atoms with Gasteiger partial charge in [0.25, 0.3) is 0 Å². The molecule has 2 unspecified atom stereocenters. The van der Waals surface area contributed by atoms with E-state index in [2.05, 4.69) is 15.5 Å². The van der Waals surface area contributed by atoms with Crippen molar-refractivity contribution < 1.29 is 14.0 Å². The van der Waals surface area contributed by atoms with Crippen LogP contribution < -0.4 is 10.6 Å². The number of likely N-dealkylation sites (tertiary alicyclic amines) is 1. The number of rotatable bonds is 6. The fourth-order valence-electron chi connectivity index (χ4n) is 3.90. The summed E-state index contributed by atoms with van der Waals surface area (Å²) in [4.78, 5) is 27.8. The van der Waals surface area contributed by atoms with Gasteiger partial charge in [0.05, 0.1) is 5.92 Å². The zero-order valence-corrected chi connectivity index (χ0v) is 16.3. The zero-order chi connectivity index (χ0) is 20.2. The molecule has 0 aromatic heterocycles. The Labute approximate surface area is 170 Å². The summed E-state index contributed by atoms with van der Waals surface area (Å²) in [6.07, 6.45) is 3.63. The third kappa shape index (κ3) is 5.01. The molecule has 2 atom stereocenters. The summed E-state index contributed by atoms with van der Waals surface area (Å²) < 4.78 is 13.4. The summed E-state index contributed by atoms with van der Waals surface area (Å²) in [5.74, 6) is -0.612. The van der Waals surface area contributed by atoms with Crippen LogP contribution in [0.25, 0.3) is 0 Å². The van der Waals surface area contributed by atoms with Gasteiger partial charge < -0.3 is 10.6 Å². The Bertz CT molecular complexity index is 852. The molecule has 1 heterocycles. The predicted octanol–water partition coefficient (Wildman–Crippen LogP) is 3.50. The lowest BCUT2D eigenvalue weighted by Gasteiger charge is -2.37. The van der Waals surface area contributed by atoms with Crippen molar-refractivity contribution in [1.29, 1.82) is 0 Å². The van der Waals surface area contributed by atoms with E-state index in [1.807, 2.05) is 30.3 Å². The lowest BCUT2D eigenvalue weighted by Crippen LogP contribution is -2.47. The Morgan fingerprint density at radius 3 is 2.41 bits per heavy atom. The van der Waals surface area contributed by atoms with Crippen LogP contribution >= 0.6 is 0 Å². The number of nitrogens with one attached hydrogen (secondary N) is 2. The maximum Gasteiger partial charge on any atom is 0.242 e. The van der Waals surface area contributed by atoms with Crippen molar-refractivity contribution in [1.82, 2.24) is 10.2 Å². The summed E-state index contributed by atoms with van der Waals surface area (Å²) in [6, 6.07) is 15.2. The second-order valence-corrected chi connectivity index (χ2v) is 7.93. The van der Waals surface area contributed by atoms with Crippen molar-refractivity contribution in [3.05, 3.63) is 66.0 Å². The van der Waals surface area contributed by atoms with Gasteiger partial charge in [-0.1, -0.05) is 30.3 Å². The first-order valence-corrected chi connectivity index (χ1v) is 10.3. The minimum atomic E-state index is -0.511. The summed E-state index contributed by atoms with van der Waals surface area (Å²) in [5.41, 5.74) is 1.53. The topological polar surface area (TPSA) is 61.4 Å². The van der Waals surface area contributed by atoms with Gasteiger partial charge in [0, 0.05) is 18.3 Å². The van der Waals surface area contributed by atoms with Crippen molar-refractivity contribution >= 4 is 17.5 Å². The molecule has 2 aliphatic rings. The second kappa shape index (κ2) is 8.74. The van der Waals surface area contributed by atoms with E-state index in [1.54, 1.807) is 12.1 Å². The van der Waals surface area contributed by atoms with Gasteiger partial charge in [0.1, 0.15) is 11.9 Å². The van der Waals surface area contributed by atoms with E-state index in [-0.39, 0.29) is 29.6 Å². The largest absolute Gasteiger partial charge is 0.352 e. The number of carbonyl (C=O) groups is 2. The second-order valence-electron chi connectivity index (χ2n) is 7.93.